The van der Waals surface area contributed by atoms with E-state index >= 15 is 0 Å². The van der Waals surface area contributed by atoms with Gasteiger partial charge < -0.3 is 5.11 Å². The Morgan fingerprint density at radius 1 is 1.15 bits per heavy atom. The predicted molar refractivity (Wildman–Crippen MR) is 101 cm³/mol. The molecule has 1 N–H and O–H groups in total. The van der Waals surface area contributed by atoms with Crippen LogP contribution in [0.3, 0.4) is 0 Å². The van der Waals surface area contributed by atoms with E-state index in [1.807, 2.05) is 37.3 Å². The first-order chi connectivity index (χ1) is 12.5. The summed E-state index contributed by atoms with van der Waals surface area (Å²) in [5.41, 5.74) is 1.67. The van der Waals surface area contributed by atoms with Gasteiger partial charge in [-0.15, -0.1) is 0 Å². The molecule has 0 amide bonds. The average Bonchev–Trinajstić information content (AvgIpc) is 2.96. The molecule has 4 nitrogen and oxygen atoms in total. The number of carboxylic acid groups (broad SMARTS) is 1. The third kappa shape index (κ3) is 5.94. The topological polar surface area (TPSA) is 71.4 Å². The van der Waals surface area contributed by atoms with Crippen molar-refractivity contribution in [3.63, 3.8) is 0 Å². The zero-order chi connectivity index (χ0) is 18.9. The summed E-state index contributed by atoms with van der Waals surface area (Å²) in [7, 11) is 0. The number of carbonyl (C=O) groups is 3. The standard InChI is InChI=1S/C22H28O4/c1-16-8-6-7-9-18(16)20(23)14-12-17-13-15-21(24)19(17)10-4-2-3-5-11-22(25)26/h6-9,12,14,17,19H,2-5,10-11,13,15H2,1H3,(H,25,26)/t17-,19+/m0/s1. The quantitative estimate of drug-likeness (QED) is 0.373. The fourth-order valence-corrected chi connectivity index (χ4v) is 3.68. The van der Waals surface area contributed by atoms with E-state index in [-0.39, 0.29) is 24.0 Å². The maximum atomic E-state index is 12.4. The summed E-state index contributed by atoms with van der Waals surface area (Å²) >= 11 is 0. The molecular formula is C22H28O4. The first kappa shape index (κ1) is 20.1. The monoisotopic (exact) mass is 356 g/mol. The van der Waals surface area contributed by atoms with E-state index in [4.69, 9.17) is 5.11 Å². The molecule has 0 unspecified atom stereocenters. The number of unbranched alkanes of at least 4 members (excludes halogenated alkanes) is 3. The summed E-state index contributed by atoms with van der Waals surface area (Å²) < 4.78 is 0. The molecular weight excluding hydrogens is 328 g/mol. The molecule has 26 heavy (non-hydrogen) atoms. The van der Waals surface area contributed by atoms with Crippen molar-refractivity contribution in [3.05, 3.63) is 47.5 Å². The van der Waals surface area contributed by atoms with Gasteiger partial charge in [-0.1, -0.05) is 49.6 Å². The molecule has 2 rings (SSSR count). The molecule has 1 aromatic carbocycles. The number of ketones is 2. The van der Waals surface area contributed by atoms with E-state index in [2.05, 4.69) is 0 Å². The van der Waals surface area contributed by atoms with E-state index in [0.29, 0.717) is 24.2 Å². The number of aryl methyl sites for hydroxylation is 1. The SMILES string of the molecule is Cc1ccccc1C(=O)C=C[C@H]1CCC(=O)[C@@H]1CCCCCCC(=O)O. The van der Waals surface area contributed by atoms with Gasteiger partial charge in [0.25, 0.3) is 0 Å². The Labute approximate surface area is 155 Å². The van der Waals surface area contributed by atoms with Gasteiger partial charge in [0.15, 0.2) is 5.78 Å². The van der Waals surface area contributed by atoms with Gasteiger partial charge in [-0.3, -0.25) is 14.4 Å². The molecule has 1 aliphatic carbocycles. The third-order valence-electron chi connectivity index (χ3n) is 5.22. The van der Waals surface area contributed by atoms with Gasteiger partial charge in [-0.2, -0.15) is 0 Å². The van der Waals surface area contributed by atoms with Crippen LogP contribution in [0.5, 0.6) is 0 Å². The Morgan fingerprint density at radius 3 is 2.62 bits per heavy atom. The minimum atomic E-state index is -0.750. The zero-order valence-corrected chi connectivity index (χ0v) is 15.4. The summed E-state index contributed by atoms with van der Waals surface area (Å²) in [4.78, 5) is 35.0. The number of Topliss-reactive ketones (excluding diaryl/α,β-unsaturated/α-hetero) is 1. The minimum Gasteiger partial charge on any atom is -0.481 e. The highest BCUT2D eigenvalue weighted by Crippen LogP contribution is 2.34. The Kier molecular flexibility index (Phi) is 7.76. The normalized spacial score (nSPS) is 20.0. The molecule has 1 aromatic rings. The minimum absolute atomic E-state index is 0.00475. The second-order valence-corrected chi connectivity index (χ2v) is 7.16. The van der Waals surface area contributed by atoms with Crippen LogP contribution >= 0.6 is 0 Å². The van der Waals surface area contributed by atoms with Gasteiger partial charge in [-0.25, -0.2) is 0 Å². The van der Waals surface area contributed by atoms with E-state index in [1.165, 1.54) is 0 Å². The first-order valence-electron chi connectivity index (χ1n) is 9.51. The molecule has 140 valence electrons. The summed E-state index contributed by atoms with van der Waals surface area (Å²) in [5.74, 6) is -0.298. The average molecular weight is 356 g/mol. The lowest BCUT2D eigenvalue weighted by Gasteiger charge is -2.14. The number of aliphatic carboxylic acids is 1. The lowest BCUT2D eigenvalue weighted by Crippen LogP contribution is -2.13. The summed E-state index contributed by atoms with van der Waals surface area (Å²) in [6, 6.07) is 7.53. The van der Waals surface area contributed by atoms with Crippen LogP contribution in [0.15, 0.2) is 36.4 Å². The number of allylic oxidation sites excluding steroid dienone is 2. The van der Waals surface area contributed by atoms with Crippen molar-refractivity contribution in [2.45, 2.75) is 58.3 Å². The molecule has 2 atom stereocenters. The van der Waals surface area contributed by atoms with Crippen molar-refractivity contribution in [1.29, 1.82) is 0 Å². The molecule has 0 spiro atoms. The molecule has 0 bridgehead atoms. The van der Waals surface area contributed by atoms with E-state index < -0.39 is 5.97 Å². The Bertz CT molecular complexity index is 674. The second kappa shape index (κ2) is 10.0. The lowest BCUT2D eigenvalue weighted by molar-refractivity contribution is -0.137. The Hall–Kier alpha value is -2.23. The maximum absolute atomic E-state index is 12.4. The van der Waals surface area contributed by atoms with E-state index in [9.17, 15) is 14.4 Å². The van der Waals surface area contributed by atoms with Crippen LogP contribution in [0.4, 0.5) is 0 Å². The highest BCUT2D eigenvalue weighted by Gasteiger charge is 2.32. The van der Waals surface area contributed by atoms with Crippen molar-refractivity contribution in [3.8, 4) is 0 Å². The van der Waals surface area contributed by atoms with Gasteiger partial charge in [-0.05, 0) is 43.7 Å². The van der Waals surface area contributed by atoms with Crippen LogP contribution in [0.1, 0.15) is 67.3 Å². The van der Waals surface area contributed by atoms with Crippen LogP contribution in [-0.2, 0) is 9.59 Å². The third-order valence-corrected chi connectivity index (χ3v) is 5.22. The molecule has 4 heteroatoms. The van der Waals surface area contributed by atoms with E-state index in [1.54, 1.807) is 6.08 Å². The van der Waals surface area contributed by atoms with Crippen molar-refractivity contribution in [1.82, 2.24) is 0 Å². The van der Waals surface area contributed by atoms with Gasteiger partial charge in [0.1, 0.15) is 5.78 Å². The summed E-state index contributed by atoms with van der Waals surface area (Å²) in [6.45, 7) is 1.92. The lowest BCUT2D eigenvalue weighted by atomic mass is 9.89. The van der Waals surface area contributed by atoms with Gasteiger partial charge >= 0.3 is 5.97 Å². The van der Waals surface area contributed by atoms with Crippen molar-refractivity contribution in [2.24, 2.45) is 11.8 Å². The predicted octanol–water partition coefficient (Wildman–Crippen LogP) is 4.75. The first-order valence-corrected chi connectivity index (χ1v) is 9.51. The molecule has 0 radical (unpaired) electrons. The van der Waals surface area contributed by atoms with Crippen LogP contribution in [0.2, 0.25) is 0 Å². The van der Waals surface area contributed by atoms with Crippen LogP contribution in [-0.4, -0.2) is 22.6 Å². The fourth-order valence-electron chi connectivity index (χ4n) is 3.68. The van der Waals surface area contributed by atoms with Gasteiger partial charge in [0.2, 0.25) is 0 Å². The van der Waals surface area contributed by atoms with Gasteiger partial charge in [0.05, 0.1) is 0 Å². The molecule has 0 aromatic heterocycles. The molecule has 0 saturated heterocycles. The van der Waals surface area contributed by atoms with E-state index in [0.717, 1.165) is 37.7 Å². The number of rotatable bonds is 10. The number of benzene rings is 1. The summed E-state index contributed by atoms with van der Waals surface area (Å²) in [6.07, 6.45) is 9.50. The molecule has 0 heterocycles. The number of hydrogen-bond donors (Lipinski definition) is 1. The van der Waals surface area contributed by atoms with Gasteiger partial charge in [0, 0.05) is 24.3 Å². The number of carbonyl (C=O) groups excluding carboxylic acids is 2. The Balaban J connectivity index is 1.84. The van der Waals surface area contributed by atoms with Crippen LogP contribution in [0, 0.1) is 18.8 Å². The molecule has 1 fully saturated rings. The highest BCUT2D eigenvalue weighted by atomic mass is 16.4. The highest BCUT2D eigenvalue weighted by molar-refractivity contribution is 6.05. The molecule has 1 saturated carbocycles. The van der Waals surface area contributed by atoms with Crippen LogP contribution in [0.25, 0.3) is 0 Å². The molecule has 0 aliphatic heterocycles. The second-order valence-electron chi connectivity index (χ2n) is 7.16. The van der Waals surface area contributed by atoms with Crippen molar-refractivity contribution >= 4 is 17.5 Å². The fraction of sp³-hybridized carbons (Fsp3) is 0.500. The van der Waals surface area contributed by atoms with Crippen molar-refractivity contribution < 1.29 is 19.5 Å². The Morgan fingerprint density at radius 2 is 1.88 bits per heavy atom. The largest absolute Gasteiger partial charge is 0.481 e. The number of hydrogen-bond acceptors (Lipinski definition) is 3. The smallest absolute Gasteiger partial charge is 0.303 e. The van der Waals surface area contributed by atoms with Crippen molar-refractivity contribution in [2.75, 3.05) is 0 Å². The summed E-state index contributed by atoms with van der Waals surface area (Å²) in [5, 5.41) is 8.64. The number of carboxylic acids is 1. The zero-order valence-electron chi connectivity index (χ0n) is 15.4. The molecule has 1 aliphatic rings. The van der Waals surface area contributed by atoms with Crippen LogP contribution < -0.4 is 0 Å². The maximum Gasteiger partial charge on any atom is 0.303 e.